The van der Waals surface area contributed by atoms with Gasteiger partial charge < -0.3 is 10.4 Å². The van der Waals surface area contributed by atoms with Crippen LogP contribution >= 0.6 is 15.9 Å². The van der Waals surface area contributed by atoms with E-state index >= 15 is 0 Å². The van der Waals surface area contributed by atoms with Gasteiger partial charge in [-0.1, -0.05) is 6.07 Å². The van der Waals surface area contributed by atoms with Gasteiger partial charge in [0, 0.05) is 12.6 Å². The summed E-state index contributed by atoms with van der Waals surface area (Å²) in [6, 6.07) is 5.06. The van der Waals surface area contributed by atoms with Gasteiger partial charge in [0.25, 0.3) is 0 Å². The third-order valence-corrected chi connectivity index (χ3v) is 2.81. The van der Waals surface area contributed by atoms with Crippen molar-refractivity contribution in [3.05, 3.63) is 34.1 Å². The van der Waals surface area contributed by atoms with Crippen LogP contribution in [0.15, 0.2) is 22.7 Å². The van der Waals surface area contributed by atoms with Crippen LogP contribution in [0.5, 0.6) is 0 Å². The van der Waals surface area contributed by atoms with Crippen LogP contribution in [0.1, 0.15) is 25.5 Å². The van der Waals surface area contributed by atoms with Gasteiger partial charge in [-0.25, -0.2) is 4.39 Å². The van der Waals surface area contributed by atoms with Gasteiger partial charge in [-0.05, 0) is 47.5 Å². The Morgan fingerprint density at radius 3 is 2.67 bits per heavy atom. The molecule has 0 aliphatic heterocycles. The highest BCUT2D eigenvalue weighted by Crippen LogP contribution is 2.20. The zero-order valence-electron chi connectivity index (χ0n) is 8.80. The van der Waals surface area contributed by atoms with E-state index < -0.39 is 6.10 Å². The summed E-state index contributed by atoms with van der Waals surface area (Å²) in [6.07, 6.45) is -0.396. The molecule has 0 aliphatic rings. The first kappa shape index (κ1) is 12.6. The minimum atomic E-state index is -0.396. The lowest BCUT2D eigenvalue weighted by Crippen LogP contribution is -2.27. The summed E-state index contributed by atoms with van der Waals surface area (Å²) in [5, 5.41) is 12.2. The topological polar surface area (TPSA) is 32.3 Å². The molecule has 0 radical (unpaired) electrons. The van der Waals surface area contributed by atoms with Crippen molar-refractivity contribution in [1.29, 1.82) is 0 Å². The molecule has 0 saturated carbocycles. The van der Waals surface area contributed by atoms with Crippen molar-refractivity contribution >= 4 is 15.9 Å². The van der Waals surface area contributed by atoms with Crippen molar-refractivity contribution in [3.8, 4) is 0 Å². The quantitative estimate of drug-likeness (QED) is 0.886. The number of aliphatic hydroxyl groups excluding tert-OH is 1. The lowest BCUT2D eigenvalue weighted by molar-refractivity contribution is 0.187. The Morgan fingerprint density at radius 1 is 1.47 bits per heavy atom. The Kier molecular flexibility index (Phi) is 4.70. The summed E-state index contributed by atoms with van der Waals surface area (Å²) < 4.78 is 13.7. The first-order valence-electron chi connectivity index (χ1n) is 4.87. The van der Waals surface area contributed by atoms with E-state index in [0.29, 0.717) is 11.0 Å². The molecule has 2 N–H and O–H groups in total. The van der Waals surface area contributed by atoms with Gasteiger partial charge in [-0.3, -0.25) is 0 Å². The molecule has 15 heavy (non-hydrogen) atoms. The Balaban J connectivity index is 2.65. The molecule has 2 nitrogen and oxygen atoms in total. The van der Waals surface area contributed by atoms with Gasteiger partial charge in [-0.2, -0.15) is 0 Å². The minimum Gasteiger partial charge on any atom is -0.392 e. The molecule has 1 aromatic rings. The molecule has 0 aliphatic carbocycles. The fourth-order valence-electron chi connectivity index (χ4n) is 1.25. The normalized spacial score (nSPS) is 15.0. The van der Waals surface area contributed by atoms with Gasteiger partial charge >= 0.3 is 0 Å². The highest BCUT2D eigenvalue weighted by atomic mass is 79.9. The third-order valence-electron chi connectivity index (χ3n) is 2.16. The van der Waals surface area contributed by atoms with Gasteiger partial charge in [-0.15, -0.1) is 0 Å². The number of hydrogen-bond acceptors (Lipinski definition) is 2. The second-order valence-electron chi connectivity index (χ2n) is 3.65. The molecule has 0 spiro atoms. The molecule has 0 saturated heterocycles. The van der Waals surface area contributed by atoms with E-state index in [1.54, 1.807) is 13.0 Å². The van der Waals surface area contributed by atoms with E-state index in [1.165, 1.54) is 6.07 Å². The largest absolute Gasteiger partial charge is 0.392 e. The summed E-state index contributed by atoms with van der Waals surface area (Å²) in [5.41, 5.74) is 0.872. The summed E-state index contributed by atoms with van der Waals surface area (Å²) in [4.78, 5) is 0. The maximum absolute atomic E-state index is 13.2. The van der Waals surface area contributed by atoms with E-state index in [-0.39, 0.29) is 11.9 Å². The third kappa shape index (κ3) is 3.89. The molecule has 84 valence electrons. The van der Waals surface area contributed by atoms with Crippen molar-refractivity contribution < 1.29 is 9.50 Å². The Labute approximate surface area is 97.6 Å². The lowest BCUT2D eigenvalue weighted by Gasteiger charge is -2.15. The SMILES string of the molecule is CC(NC[C@@H](C)O)c1ccc(Br)c(F)c1. The van der Waals surface area contributed by atoms with Crippen LogP contribution in [0.4, 0.5) is 4.39 Å². The number of benzene rings is 1. The van der Waals surface area contributed by atoms with Gasteiger partial charge in [0.2, 0.25) is 0 Å². The molecule has 2 atom stereocenters. The average molecular weight is 276 g/mol. The molecule has 0 bridgehead atoms. The standard InChI is InChI=1S/C11H15BrFNO/c1-7(15)6-14-8(2)9-3-4-10(12)11(13)5-9/h3-5,7-8,14-15H,6H2,1-2H3/t7-,8?/m1/s1. The van der Waals surface area contributed by atoms with Crippen molar-refractivity contribution in [2.24, 2.45) is 0 Å². The van der Waals surface area contributed by atoms with Gasteiger partial charge in [0.15, 0.2) is 0 Å². The lowest BCUT2D eigenvalue weighted by atomic mass is 10.1. The molecule has 0 fully saturated rings. The maximum atomic E-state index is 13.2. The Bertz CT molecular complexity index is 330. The van der Waals surface area contributed by atoms with E-state index in [1.807, 2.05) is 13.0 Å². The number of rotatable bonds is 4. The molecule has 0 heterocycles. The predicted molar refractivity (Wildman–Crippen MR) is 62.2 cm³/mol. The molecular weight excluding hydrogens is 261 g/mol. The molecule has 4 heteroatoms. The maximum Gasteiger partial charge on any atom is 0.137 e. The second-order valence-corrected chi connectivity index (χ2v) is 4.51. The molecule has 0 amide bonds. The van der Waals surface area contributed by atoms with E-state index in [4.69, 9.17) is 5.11 Å². The summed E-state index contributed by atoms with van der Waals surface area (Å²) in [7, 11) is 0. The van der Waals surface area contributed by atoms with Crippen LogP contribution < -0.4 is 5.32 Å². The van der Waals surface area contributed by atoms with Crippen LogP contribution in [0.2, 0.25) is 0 Å². The average Bonchev–Trinajstić information content (AvgIpc) is 2.18. The van der Waals surface area contributed by atoms with Crippen LogP contribution in [0, 0.1) is 5.82 Å². The van der Waals surface area contributed by atoms with Crippen molar-refractivity contribution in [2.45, 2.75) is 26.0 Å². The number of hydrogen-bond donors (Lipinski definition) is 2. The number of aliphatic hydroxyl groups is 1. The van der Waals surface area contributed by atoms with Crippen molar-refractivity contribution in [1.82, 2.24) is 5.32 Å². The summed E-state index contributed by atoms with van der Waals surface area (Å²) in [6.45, 7) is 4.14. The van der Waals surface area contributed by atoms with E-state index in [9.17, 15) is 4.39 Å². The minimum absolute atomic E-state index is 0.0298. The summed E-state index contributed by atoms with van der Waals surface area (Å²) >= 11 is 3.11. The van der Waals surface area contributed by atoms with Gasteiger partial charge in [0.1, 0.15) is 5.82 Å². The van der Waals surface area contributed by atoms with Crippen LogP contribution in [-0.2, 0) is 0 Å². The van der Waals surface area contributed by atoms with E-state index in [2.05, 4.69) is 21.2 Å². The summed E-state index contributed by atoms with van der Waals surface area (Å²) in [5.74, 6) is -0.266. The smallest absolute Gasteiger partial charge is 0.137 e. The molecule has 1 aromatic carbocycles. The highest BCUT2D eigenvalue weighted by molar-refractivity contribution is 9.10. The second kappa shape index (κ2) is 5.58. The van der Waals surface area contributed by atoms with E-state index in [0.717, 1.165) is 5.56 Å². The molecule has 1 unspecified atom stereocenters. The van der Waals surface area contributed by atoms with Crippen LogP contribution in [-0.4, -0.2) is 17.8 Å². The predicted octanol–water partition coefficient (Wildman–Crippen LogP) is 2.62. The molecule has 1 rings (SSSR count). The highest BCUT2D eigenvalue weighted by Gasteiger charge is 2.08. The molecule has 0 aromatic heterocycles. The van der Waals surface area contributed by atoms with Crippen molar-refractivity contribution in [2.75, 3.05) is 6.54 Å². The number of nitrogens with one attached hydrogen (secondary N) is 1. The first-order chi connectivity index (χ1) is 7.00. The Morgan fingerprint density at radius 2 is 2.13 bits per heavy atom. The molecular formula is C11H15BrFNO. The zero-order valence-corrected chi connectivity index (χ0v) is 10.4. The van der Waals surface area contributed by atoms with Crippen LogP contribution in [0.3, 0.4) is 0 Å². The fraction of sp³-hybridized carbons (Fsp3) is 0.455. The zero-order chi connectivity index (χ0) is 11.4. The van der Waals surface area contributed by atoms with Crippen molar-refractivity contribution in [3.63, 3.8) is 0 Å². The van der Waals surface area contributed by atoms with Gasteiger partial charge in [0.05, 0.1) is 10.6 Å². The first-order valence-corrected chi connectivity index (χ1v) is 5.66. The monoisotopic (exact) mass is 275 g/mol. The number of halogens is 2. The fourth-order valence-corrected chi connectivity index (χ4v) is 1.49. The van der Waals surface area contributed by atoms with Crippen LogP contribution in [0.25, 0.3) is 0 Å². The Hall–Kier alpha value is -0.450.